The number of aromatic carboxylic acids is 1. The Morgan fingerprint density at radius 1 is 1.35 bits per heavy atom. The van der Waals surface area contributed by atoms with E-state index in [0.29, 0.717) is 11.4 Å². The summed E-state index contributed by atoms with van der Waals surface area (Å²) >= 11 is 5.73. The molecule has 0 aromatic carbocycles. The van der Waals surface area contributed by atoms with Gasteiger partial charge in [0.15, 0.2) is 0 Å². The first kappa shape index (κ1) is 11.5. The fourth-order valence-corrected chi connectivity index (χ4v) is 1.69. The zero-order chi connectivity index (χ0) is 12.4. The van der Waals surface area contributed by atoms with Crippen LogP contribution in [0.25, 0.3) is 11.4 Å². The van der Waals surface area contributed by atoms with Crippen molar-refractivity contribution in [2.75, 3.05) is 0 Å². The molecule has 0 atom stereocenters. The minimum atomic E-state index is -1.10. The van der Waals surface area contributed by atoms with Gasteiger partial charge < -0.3 is 5.11 Å². The number of carboxylic acids is 1. The second-order valence-electron chi connectivity index (χ2n) is 3.32. The van der Waals surface area contributed by atoms with Crippen molar-refractivity contribution in [2.45, 2.75) is 6.92 Å². The number of aryl methyl sites for hydroxylation is 1. The van der Waals surface area contributed by atoms with Crippen LogP contribution in [0, 0.1) is 6.92 Å². The highest BCUT2D eigenvalue weighted by atomic mass is 35.5. The highest BCUT2D eigenvalue weighted by Crippen LogP contribution is 2.22. The minimum Gasteiger partial charge on any atom is -0.478 e. The van der Waals surface area contributed by atoms with E-state index in [9.17, 15) is 4.79 Å². The number of hydrogen-bond acceptors (Lipinski definition) is 4. The zero-order valence-electron chi connectivity index (χ0n) is 8.88. The Bertz CT molecular complexity index is 572. The molecule has 2 aromatic rings. The number of pyridine rings is 1. The Balaban J connectivity index is 2.72. The molecular weight excluding hydrogens is 242 g/mol. The molecule has 0 fully saturated rings. The van der Waals surface area contributed by atoms with Crippen LogP contribution in [0.4, 0.5) is 0 Å². The number of nitrogens with zero attached hydrogens (tertiary/aromatic N) is 3. The zero-order valence-corrected chi connectivity index (χ0v) is 9.64. The number of halogens is 1. The summed E-state index contributed by atoms with van der Waals surface area (Å²) in [5.74, 6) is -1.10. The van der Waals surface area contributed by atoms with Gasteiger partial charge in [-0.25, -0.2) is 14.8 Å². The molecular formula is C11H8ClN3O2. The van der Waals surface area contributed by atoms with Crippen molar-refractivity contribution in [1.82, 2.24) is 15.0 Å². The van der Waals surface area contributed by atoms with Crippen LogP contribution >= 0.6 is 11.6 Å². The van der Waals surface area contributed by atoms with Crippen molar-refractivity contribution in [3.63, 3.8) is 0 Å². The van der Waals surface area contributed by atoms with Gasteiger partial charge in [0.25, 0.3) is 0 Å². The average Bonchev–Trinajstić information content (AvgIpc) is 2.28. The molecule has 0 radical (unpaired) electrons. The molecule has 0 amide bonds. The lowest BCUT2D eigenvalue weighted by Crippen LogP contribution is -2.08. The van der Waals surface area contributed by atoms with Crippen LogP contribution in [0.15, 0.2) is 24.4 Å². The molecule has 2 rings (SSSR count). The van der Waals surface area contributed by atoms with Gasteiger partial charge in [-0.05, 0) is 30.7 Å². The lowest BCUT2D eigenvalue weighted by molar-refractivity contribution is 0.0696. The molecule has 0 aliphatic carbocycles. The standard InChI is InChI=1S/C11H8ClN3O2/c1-6-8(10(16)17)9(15-11(12)14-6)7-4-2-3-5-13-7/h2-5H,1H3,(H,16,17). The smallest absolute Gasteiger partial charge is 0.339 e. The van der Waals surface area contributed by atoms with E-state index in [1.54, 1.807) is 31.3 Å². The predicted molar refractivity (Wildman–Crippen MR) is 62.0 cm³/mol. The highest BCUT2D eigenvalue weighted by Gasteiger charge is 2.19. The number of carbonyl (C=O) groups is 1. The van der Waals surface area contributed by atoms with Crippen LogP contribution < -0.4 is 0 Å². The fraction of sp³-hybridized carbons (Fsp3) is 0.0909. The molecule has 5 nitrogen and oxygen atoms in total. The molecule has 0 spiro atoms. The van der Waals surface area contributed by atoms with Crippen LogP contribution in [0.2, 0.25) is 5.28 Å². The van der Waals surface area contributed by atoms with Gasteiger partial charge in [-0.3, -0.25) is 4.98 Å². The number of rotatable bonds is 2. The molecule has 0 aliphatic rings. The van der Waals surface area contributed by atoms with Gasteiger partial charge in [0.05, 0.1) is 11.4 Å². The molecule has 0 aliphatic heterocycles. The van der Waals surface area contributed by atoms with Crippen LogP contribution in [-0.2, 0) is 0 Å². The topological polar surface area (TPSA) is 76.0 Å². The summed E-state index contributed by atoms with van der Waals surface area (Å²) in [7, 11) is 0. The third-order valence-corrected chi connectivity index (χ3v) is 2.35. The van der Waals surface area contributed by atoms with E-state index >= 15 is 0 Å². The van der Waals surface area contributed by atoms with E-state index in [-0.39, 0.29) is 16.5 Å². The van der Waals surface area contributed by atoms with Crippen LogP contribution in [0.5, 0.6) is 0 Å². The predicted octanol–water partition coefficient (Wildman–Crippen LogP) is 2.20. The van der Waals surface area contributed by atoms with Gasteiger partial charge >= 0.3 is 5.97 Å². The SMILES string of the molecule is Cc1nc(Cl)nc(-c2ccccn2)c1C(=O)O. The largest absolute Gasteiger partial charge is 0.478 e. The van der Waals surface area contributed by atoms with Crippen LogP contribution in [-0.4, -0.2) is 26.0 Å². The molecule has 0 saturated heterocycles. The van der Waals surface area contributed by atoms with Crippen molar-refractivity contribution in [1.29, 1.82) is 0 Å². The fourth-order valence-electron chi connectivity index (χ4n) is 1.48. The highest BCUT2D eigenvalue weighted by molar-refractivity contribution is 6.28. The second kappa shape index (κ2) is 4.47. The molecule has 86 valence electrons. The quantitative estimate of drug-likeness (QED) is 0.826. The first-order valence-electron chi connectivity index (χ1n) is 4.78. The second-order valence-corrected chi connectivity index (χ2v) is 3.66. The van der Waals surface area contributed by atoms with Crippen molar-refractivity contribution >= 4 is 17.6 Å². The summed E-state index contributed by atoms with van der Waals surface area (Å²) < 4.78 is 0. The molecule has 2 heterocycles. The first-order valence-corrected chi connectivity index (χ1v) is 5.16. The average molecular weight is 250 g/mol. The maximum atomic E-state index is 11.2. The number of aromatic nitrogens is 3. The van der Waals surface area contributed by atoms with Gasteiger partial charge in [-0.1, -0.05) is 6.07 Å². The van der Waals surface area contributed by atoms with E-state index < -0.39 is 5.97 Å². The van der Waals surface area contributed by atoms with Crippen LogP contribution in [0.3, 0.4) is 0 Å². The summed E-state index contributed by atoms with van der Waals surface area (Å²) in [6.07, 6.45) is 1.56. The summed E-state index contributed by atoms with van der Waals surface area (Å²) in [5.41, 5.74) is 1.03. The van der Waals surface area contributed by atoms with Gasteiger partial charge in [0.1, 0.15) is 11.3 Å². The van der Waals surface area contributed by atoms with Gasteiger partial charge in [0, 0.05) is 6.20 Å². The van der Waals surface area contributed by atoms with Gasteiger partial charge in [-0.2, -0.15) is 0 Å². The van der Waals surface area contributed by atoms with E-state index in [2.05, 4.69) is 15.0 Å². The summed E-state index contributed by atoms with van der Waals surface area (Å²) in [6, 6.07) is 5.16. The molecule has 1 N–H and O–H groups in total. The molecule has 17 heavy (non-hydrogen) atoms. The molecule has 0 saturated carbocycles. The van der Waals surface area contributed by atoms with Crippen molar-refractivity contribution in [3.8, 4) is 11.4 Å². The van der Waals surface area contributed by atoms with Crippen molar-refractivity contribution in [3.05, 3.63) is 40.9 Å². The van der Waals surface area contributed by atoms with E-state index in [1.165, 1.54) is 0 Å². The maximum Gasteiger partial charge on any atom is 0.339 e. The maximum absolute atomic E-state index is 11.2. The lowest BCUT2D eigenvalue weighted by Gasteiger charge is -2.07. The van der Waals surface area contributed by atoms with E-state index in [1.807, 2.05) is 0 Å². The van der Waals surface area contributed by atoms with E-state index in [4.69, 9.17) is 16.7 Å². The summed E-state index contributed by atoms with van der Waals surface area (Å²) in [4.78, 5) is 23.0. The van der Waals surface area contributed by atoms with Crippen molar-refractivity contribution in [2.24, 2.45) is 0 Å². The minimum absolute atomic E-state index is 0.00755. The lowest BCUT2D eigenvalue weighted by atomic mass is 10.1. The Kier molecular flexibility index (Phi) is 3.01. The van der Waals surface area contributed by atoms with Gasteiger partial charge in [0.2, 0.25) is 5.28 Å². The normalized spacial score (nSPS) is 10.2. The van der Waals surface area contributed by atoms with Gasteiger partial charge in [-0.15, -0.1) is 0 Å². The van der Waals surface area contributed by atoms with Crippen molar-refractivity contribution < 1.29 is 9.90 Å². The monoisotopic (exact) mass is 249 g/mol. The molecule has 0 unspecified atom stereocenters. The summed E-state index contributed by atoms with van der Waals surface area (Å²) in [6.45, 7) is 1.57. The molecule has 6 heteroatoms. The molecule has 0 bridgehead atoms. The van der Waals surface area contributed by atoms with Crippen LogP contribution in [0.1, 0.15) is 16.1 Å². The Hall–Kier alpha value is -2.01. The first-order chi connectivity index (χ1) is 8.09. The third-order valence-electron chi connectivity index (χ3n) is 2.18. The number of carboxylic acid groups (broad SMARTS) is 1. The summed E-state index contributed by atoms with van der Waals surface area (Å²) in [5, 5.41) is 9.16. The third kappa shape index (κ3) is 2.24. The Morgan fingerprint density at radius 3 is 2.71 bits per heavy atom. The number of hydrogen-bond donors (Lipinski definition) is 1. The molecule has 2 aromatic heterocycles. The van der Waals surface area contributed by atoms with E-state index in [0.717, 1.165) is 0 Å². The Labute approximate surface area is 102 Å². The Morgan fingerprint density at radius 2 is 2.12 bits per heavy atom.